The Labute approximate surface area is 112 Å². The van der Waals surface area contributed by atoms with Crippen molar-refractivity contribution in [3.63, 3.8) is 0 Å². The van der Waals surface area contributed by atoms with E-state index in [2.05, 4.69) is 53.0 Å². The van der Waals surface area contributed by atoms with Crippen molar-refractivity contribution in [1.82, 2.24) is 0 Å². The molecule has 0 aromatic rings. The second-order valence-corrected chi connectivity index (χ2v) is 12.0. The predicted molar refractivity (Wildman–Crippen MR) is 78.1 cm³/mol. The van der Waals surface area contributed by atoms with E-state index in [9.17, 15) is 4.79 Å². The average molecular weight is 266 g/mol. The first-order valence-electron chi connectivity index (χ1n) is 6.99. The Morgan fingerprint density at radius 2 is 1.56 bits per heavy atom. The van der Waals surface area contributed by atoms with Gasteiger partial charge >= 0.3 is 5.97 Å². The van der Waals surface area contributed by atoms with Crippen molar-refractivity contribution in [2.24, 2.45) is 11.8 Å². The number of aliphatic carboxylic acids is 1. The summed E-state index contributed by atoms with van der Waals surface area (Å²) in [5.74, 6) is 2.54. The smallest absolute Gasteiger partial charge is 0.307 e. The summed E-state index contributed by atoms with van der Waals surface area (Å²) in [4.78, 5) is 10.8. The van der Waals surface area contributed by atoms with Crippen LogP contribution in [0.3, 0.4) is 0 Å². The monoisotopic (exact) mass is 266 g/mol. The summed E-state index contributed by atoms with van der Waals surface area (Å²) in [5, 5.41) is 8.92. The van der Waals surface area contributed by atoms with Gasteiger partial charge in [-0.15, -0.1) is 11.5 Å². The van der Waals surface area contributed by atoms with E-state index >= 15 is 0 Å². The molecule has 0 aliphatic heterocycles. The third-order valence-corrected chi connectivity index (χ3v) is 10.8. The van der Waals surface area contributed by atoms with Crippen LogP contribution in [0.4, 0.5) is 0 Å². The van der Waals surface area contributed by atoms with Crippen molar-refractivity contribution in [3.8, 4) is 11.5 Å². The van der Waals surface area contributed by atoms with Crippen molar-refractivity contribution in [1.29, 1.82) is 0 Å². The molecule has 2 atom stereocenters. The fraction of sp³-hybridized carbons (Fsp3) is 0.800. The van der Waals surface area contributed by atoms with E-state index < -0.39 is 14.0 Å². The van der Waals surface area contributed by atoms with Gasteiger partial charge in [0.25, 0.3) is 0 Å². The maximum atomic E-state index is 10.8. The molecule has 0 saturated heterocycles. The van der Waals surface area contributed by atoms with Crippen molar-refractivity contribution in [2.45, 2.75) is 64.6 Å². The van der Waals surface area contributed by atoms with Gasteiger partial charge in [0.15, 0.2) is 0 Å². The van der Waals surface area contributed by atoms with Gasteiger partial charge in [0, 0.05) is 5.92 Å². The van der Waals surface area contributed by atoms with E-state index in [4.69, 9.17) is 5.11 Å². The Kier molecular flexibility index (Phi) is 4.66. The highest BCUT2D eigenvalue weighted by molar-refractivity contribution is 6.90. The Morgan fingerprint density at radius 3 is 1.83 bits per heavy atom. The number of carbonyl (C=O) groups is 1. The lowest BCUT2D eigenvalue weighted by Crippen LogP contribution is -2.43. The molecule has 0 aromatic carbocycles. The van der Waals surface area contributed by atoms with Crippen LogP contribution in [0.25, 0.3) is 0 Å². The van der Waals surface area contributed by atoms with Gasteiger partial charge in [-0.25, -0.2) is 0 Å². The lowest BCUT2D eigenvalue weighted by atomic mass is 10.3. The molecular weight excluding hydrogens is 240 g/mol. The molecule has 0 radical (unpaired) electrons. The summed E-state index contributed by atoms with van der Waals surface area (Å²) in [5.41, 5.74) is 5.46. The van der Waals surface area contributed by atoms with E-state index in [1.807, 2.05) is 0 Å². The van der Waals surface area contributed by atoms with Crippen LogP contribution in [0.5, 0.6) is 0 Å². The Balaban J connectivity index is 2.94. The zero-order valence-corrected chi connectivity index (χ0v) is 13.4. The first kappa shape index (κ1) is 15.3. The summed E-state index contributed by atoms with van der Waals surface area (Å²) >= 11 is 0. The van der Waals surface area contributed by atoms with Crippen molar-refractivity contribution in [3.05, 3.63) is 0 Å². The standard InChI is InChI=1S/C15H26O2Si/c1-10(2)18(11(3)4,12(5)6)8-7-13-9-14(13)15(16)17/h10-14H,9H2,1-6H3,(H,16,17)/t13-,14+/m0/s1. The summed E-state index contributed by atoms with van der Waals surface area (Å²) in [7, 11) is -1.67. The Morgan fingerprint density at radius 1 is 1.11 bits per heavy atom. The molecule has 0 unspecified atom stereocenters. The molecule has 1 rings (SSSR count). The van der Waals surface area contributed by atoms with Crippen molar-refractivity contribution in [2.75, 3.05) is 0 Å². The van der Waals surface area contributed by atoms with Gasteiger partial charge in [0.1, 0.15) is 8.07 Å². The minimum atomic E-state index is -1.67. The fourth-order valence-corrected chi connectivity index (χ4v) is 8.58. The number of rotatable bonds is 4. The quantitative estimate of drug-likeness (QED) is 0.618. The molecule has 1 fully saturated rings. The zero-order chi connectivity index (χ0) is 14.1. The molecule has 0 amide bonds. The van der Waals surface area contributed by atoms with Crippen LogP contribution >= 0.6 is 0 Å². The zero-order valence-electron chi connectivity index (χ0n) is 12.4. The van der Waals surface area contributed by atoms with Crippen molar-refractivity contribution < 1.29 is 9.90 Å². The van der Waals surface area contributed by atoms with Gasteiger partial charge in [0.05, 0.1) is 5.92 Å². The molecule has 1 aliphatic rings. The summed E-state index contributed by atoms with van der Waals surface area (Å²) < 4.78 is 0. The fourth-order valence-electron chi connectivity index (χ4n) is 3.28. The number of hydrogen-bond donors (Lipinski definition) is 1. The van der Waals surface area contributed by atoms with Crippen molar-refractivity contribution >= 4 is 14.0 Å². The number of hydrogen-bond acceptors (Lipinski definition) is 1. The van der Waals surface area contributed by atoms with Gasteiger partial charge in [-0.1, -0.05) is 41.5 Å². The van der Waals surface area contributed by atoms with Crippen LogP contribution < -0.4 is 0 Å². The minimum absolute atomic E-state index is 0.116. The van der Waals surface area contributed by atoms with Crippen LogP contribution in [0.2, 0.25) is 16.6 Å². The molecule has 0 bridgehead atoms. The van der Waals surface area contributed by atoms with Crippen LogP contribution in [0.1, 0.15) is 48.0 Å². The van der Waals surface area contributed by atoms with Gasteiger partial charge in [-0.3, -0.25) is 4.79 Å². The summed E-state index contributed by atoms with van der Waals surface area (Å²) in [6.45, 7) is 13.7. The minimum Gasteiger partial charge on any atom is -0.481 e. The van der Waals surface area contributed by atoms with E-state index in [-0.39, 0.29) is 11.8 Å². The summed E-state index contributed by atoms with van der Waals surface area (Å²) in [6, 6.07) is 0. The third-order valence-electron chi connectivity index (χ3n) is 4.45. The number of carboxylic acid groups (broad SMARTS) is 1. The molecule has 102 valence electrons. The second-order valence-electron chi connectivity index (χ2n) is 6.45. The normalized spacial score (nSPS) is 23.2. The Bertz CT molecular complexity index is 352. The lowest BCUT2D eigenvalue weighted by molar-refractivity contribution is -0.138. The molecule has 1 aliphatic carbocycles. The highest BCUT2D eigenvalue weighted by atomic mass is 28.3. The van der Waals surface area contributed by atoms with E-state index in [0.717, 1.165) is 6.42 Å². The molecule has 18 heavy (non-hydrogen) atoms. The van der Waals surface area contributed by atoms with Gasteiger partial charge < -0.3 is 5.11 Å². The lowest BCUT2D eigenvalue weighted by Gasteiger charge is -2.38. The maximum Gasteiger partial charge on any atom is 0.307 e. The van der Waals surface area contributed by atoms with E-state index in [1.54, 1.807) is 0 Å². The van der Waals surface area contributed by atoms with Crippen LogP contribution in [-0.4, -0.2) is 19.1 Å². The molecule has 0 heterocycles. The van der Waals surface area contributed by atoms with Crippen LogP contribution in [0.15, 0.2) is 0 Å². The summed E-state index contributed by atoms with van der Waals surface area (Å²) in [6.07, 6.45) is 0.751. The first-order valence-corrected chi connectivity index (χ1v) is 9.22. The van der Waals surface area contributed by atoms with Gasteiger partial charge in [0.2, 0.25) is 0 Å². The largest absolute Gasteiger partial charge is 0.481 e. The molecule has 1 N–H and O–H groups in total. The van der Waals surface area contributed by atoms with E-state index in [1.165, 1.54) is 0 Å². The van der Waals surface area contributed by atoms with Gasteiger partial charge in [-0.05, 0) is 23.0 Å². The SMILES string of the molecule is CC(C)[Si](C#C[C@H]1C[C@H]1C(=O)O)(C(C)C)C(C)C. The maximum absolute atomic E-state index is 10.8. The van der Waals surface area contributed by atoms with E-state index in [0.29, 0.717) is 16.6 Å². The molecule has 1 saturated carbocycles. The van der Waals surface area contributed by atoms with Crippen LogP contribution in [-0.2, 0) is 4.79 Å². The molecule has 2 nitrogen and oxygen atoms in total. The number of carboxylic acids is 1. The highest BCUT2D eigenvalue weighted by Crippen LogP contribution is 2.42. The predicted octanol–water partition coefficient (Wildman–Crippen LogP) is 3.93. The molecule has 0 aromatic heterocycles. The second kappa shape index (κ2) is 5.48. The van der Waals surface area contributed by atoms with Crippen LogP contribution in [0, 0.1) is 23.3 Å². The average Bonchev–Trinajstić information content (AvgIpc) is 2.96. The molecule has 3 heteroatoms. The Hall–Kier alpha value is -0.753. The highest BCUT2D eigenvalue weighted by Gasteiger charge is 2.45. The topological polar surface area (TPSA) is 37.3 Å². The first-order chi connectivity index (χ1) is 8.23. The van der Waals surface area contributed by atoms with Gasteiger partial charge in [-0.2, -0.15) is 0 Å². The third kappa shape index (κ3) is 2.80. The molecular formula is C15H26O2Si. The molecule has 0 spiro atoms.